The minimum Gasteiger partial charge on any atom is -0.351 e. The van der Waals surface area contributed by atoms with Gasteiger partial charge in [0, 0.05) is 31.7 Å². The molecule has 0 aliphatic carbocycles. The Labute approximate surface area is 165 Å². The molecule has 2 aromatic carbocycles. The fourth-order valence-corrected chi connectivity index (χ4v) is 4.71. The van der Waals surface area contributed by atoms with Gasteiger partial charge >= 0.3 is 0 Å². The van der Waals surface area contributed by atoms with Crippen LogP contribution in [0.5, 0.6) is 0 Å². The zero-order valence-corrected chi connectivity index (χ0v) is 16.6. The summed E-state index contributed by atoms with van der Waals surface area (Å²) >= 11 is 0. The van der Waals surface area contributed by atoms with Crippen LogP contribution in [0.4, 0.5) is 4.39 Å². The third kappa shape index (κ3) is 4.95. The third-order valence-electron chi connectivity index (χ3n) is 4.70. The second kappa shape index (κ2) is 8.81. The number of hydrogen-bond acceptors (Lipinski definition) is 3. The van der Waals surface area contributed by atoms with Crippen molar-refractivity contribution in [1.29, 1.82) is 0 Å². The molecule has 1 aliphatic heterocycles. The van der Waals surface area contributed by atoms with Crippen LogP contribution < -0.4 is 5.32 Å². The quantitative estimate of drug-likeness (QED) is 0.801. The van der Waals surface area contributed by atoms with E-state index in [1.165, 1.54) is 10.4 Å². The molecule has 1 aliphatic rings. The van der Waals surface area contributed by atoms with Crippen molar-refractivity contribution in [3.63, 3.8) is 0 Å². The molecule has 0 saturated carbocycles. The molecule has 1 saturated heterocycles. The Kier molecular flexibility index (Phi) is 6.43. The van der Waals surface area contributed by atoms with Gasteiger partial charge in [0.2, 0.25) is 5.91 Å². The molecule has 28 heavy (non-hydrogen) atoms. The highest BCUT2D eigenvalue weighted by Gasteiger charge is 2.35. The van der Waals surface area contributed by atoms with Crippen molar-refractivity contribution in [2.75, 3.05) is 19.6 Å². The molecule has 0 unspecified atom stereocenters. The molecule has 6 nitrogen and oxygen atoms in total. The number of aryl methyl sites for hydroxylation is 1. The molecule has 1 fully saturated rings. The highest BCUT2D eigenvalue weighted by Crippen LogP contribution is 2.20. The average Bonchev–Trinajstić information content (AvgIpc) is 2.66. The zero-order valence-electron chi connectivity index (χ0n) is 15.8. The molecular weight excluding hydrogens is 381 g/mol. The summed E-state index contributed by atoms with van der Waals surface area (Å²) in [7, 11) is -3.82. The summed E-state index contributed by atoms with van der Waals surface area (Å²) in [5, 5.41) is 2.75. The minimum absolute atomic E-state index is 0.0451. The van der Waals surface area contributed by atoms with Crippen LogP contribution >= 0.6 is 0 Å². The number of nitrogens with one attached hydrogen (secondary N) is 1. The molecule has 3 rings (SSSR count). The fourth-order valence-electron chi connectivity index (χ4n) is 3.08. The lowest BCUT2D eigenvalue weighted by molar-refractivity contribution is -0.121. The van der Waals surface area contributed by atoms with Crippen molar-refractivity contribution >= 4 is 16.1 Å². The van der Waals surface area contributed by atoms with E-state index in [4.69, 9.17) is 0 Å². The highest BCUT2D eigenvalue weighted by molar-refractivity contribution is 7.86. The number of hydrogen-bond donors (Lipinski definition) is 1. The van der Waals surface area contributed by atoms with E-state index < -0.39 is 16.0 Å². The van der Waals surface area contributed by atoms with Crippen LogP contribution in [0.15, 0.2) is 48.5 Å². The predicted molar refractivity (Wildman–Crippen MR) is 105 cm³/mol. The van der Waals surface area contributed by atoms with Gasteiger partial charge in [0.15, 0.2) is 0 Å². The molecule has 0 atom stereocenters. The zero-order chi connectivity index (χ0) is 20.1. The SMILES string of the molecule is Cc1ccc(CNC(=O)CN2CCCN(Cc3ccccc3F)S2(=O)=O)cc1. The Morgan fingerprint density at radius 1 is 1.07 bits per heavy atom. The maximum atomic E-state index is 13.9. The van der Waals surface area contributed by atoms with Crippen LogP contribution in [-0.2, 0) is 28.1 Å². The first-order valence-electron chi connectivity index (χ1n) is 9.17. The normalized spacial score (nSPS) is 17.4. The van der Waals surface area contributed by atoms with Crippen LogP contribution in [0.25, 0.3) is 0 Å². The van der Waals surface area contributed by atoms with Crippen molar-refractivity contribution in [2.24, 2.45) is 0 Å². The number of carbonyl (C=O) groups excluding carboxylic acids is 1. The number of halogens is 1. The Balaban J connectivity index is 1.60. The lowest BCUT2D eigenvalue weighted by Gasteiger charge is -2.34. The number of carbonyl (C=O) groups is 1. The molecule has 1 amide bonds. The smallest absolute Gasteiger partial charge is 0.282 e. The van der Waals surface area contributed by atoms with E-state index in [-0.39, 0.29) is 25.5 Å². The van der Waals surface area contributed by atoms with E-state index in [1.807, 2.05) is 31.2 Å². The van der Waals surface area contributed by atoms with Crippen molar-refractivity contribution in [2.45, 2.75) is 26.4 Å². The van der Waals surface area contributed by atoms with Crippen molar-refractivity contribution in [1.82, 2.24) is 13.9 Å². The molecule has 0 aromatic heterocycles. The molecule has 2 aromatic rings. The van der Waals surface area contributed by atoms with Gasteiger partial charge in [0.1, 0.15) is 5.82 Å². The van der Waals surface area contributed by atoms with Gasteiger partial charge in [-0.15, -0.1) is 0 Å². The van der Waals surface area contributed by atoms with Gasteiger partial charge < -0.3 is 5.32 Å². The summed E-state index contributed by atoms with van der Waals surface area (Å²) in [6.45, 7) is 2.60. The van der Waals surface area contributed by atoms with Crippen LogP contribution in [0, 0.1) is 12.7 Å². The number of amides is 1. The molecule has 0 spiro atoms. The first-order valence-corrected chi connectivity index (χ1v) is 10.6. The molecule has 0 bridgehead atoms. The van der Waals surface area contributed by atoms with E-state index >= 15 is 0 Å². The van der Waals surface area contributed by atoms with Crippen molar-refractivity contribution < 1.29 is 17.6 Å². The monoisotopic (exact) mass is 405 g/mol. The van der Waals surface area contributed by atoms with E-state index in [9.17, 15) is 17.6 Å². The summed E-state index contributed by atoms with van der Waals surface area (Å²) in [6, 6.07) is 13.9. The largest absolute Gasteiger partial charge is 0.351 e. The van der Waals surface area contributed by atoms with Gasteiger partial charge in [-0.25, -0.2) is 4.39 Å². The molecule has 1 N–H and O–H groups in total. The second-order valence-electron chi connectivity index (χ2n) is 6.88. The maximum Gasteiger partial charge on any atom is 0.282 e. The van der Waals surface area contributed by atoms with E-state index in [2.05, 4.69) is 5.32 Å². The van der Waals surface area contributed by atoms with Gasteiger partial charge in [-0.1, -0.05) is 48.0 Å². The Hall–Kier alpha value is -2.29. The maximum absolute atomic E-state index is 13.9. The first kappa shape index (κ1) is 20.4. The topological polar surface area (TPSA) is 69.7 Å². The third-order valence-corrected chi connectivity index (χ3v) is 6.63. The van der Waals surface area contributed by atoms with Gasteiger partial charge in [0.05, 0.1) is 6.54 Å². The number of benzene rings is 2. The van der Waals surface area contributed by atoms with Gasteiger partial charge in [-0.3, -0.25) is 4.79 Å². The molecule has 1 heterocycles. The summed E-state index contributed by atoms with van der Waals surface area (Å²) in [5.41, 5.74) is 2.39. The lowest BCUT2D eigenvalue weighted by atomic mass is 10.1. The van der Waals surface area contributed by atoms with Crippen LogP contribution in [0.3, 0.4) is 0 Å². The average molecular weight is 405 g/mol. The summed E-state index contributed by atoms with van der Waals surface area (Å²) in [4.78, 5) is 12.3. The summed E-state index contributed by atoms with van der Waals surface area (Å²) in [5.74, 6) is -0.803. The molecular formula is C20H24FN3O3S. The number of nitrogens with zero attached hydrogens (tertiary/aromatic N) is 2. The van der Waals surface area contributed by atoms with Gasteiger partial charge in [-0.05, 0) is 25.0 Å². The van der Waals surface area contributed by atoms with Crippen LogP contribution in [0.1, 0.15) is 23.1 Å². The highest BCUT2D eigenvalue weighted by atomic mass is 32.2. The Morgan fingerprint density at radius 3 is 2.46 bits per heavy atom. The van der Waals surface area contributed by atoms with E-state index in [0.717, 1.165) is 15.4 Å². The first-order chi connectivity index (χ1) is 13.4. The van der Waals surface area contributed by atoms with Gasteiger partial charge in [-0.2, -0.15) is 17.0 Å². The second-order valence-corrected chi connectivity index (χ2v) is 8.81. The van der Waals surface area contributed by atoms with Crippen LogP contribution in [-0.4, -0.2) is 42.6 Å². The van der Waals surface area contributed by atoms with Crippen molar-refractivity contribution in [3.05, 3.63) is 71.0 Å². The van der Waals surface area contributed by atoms with Crippen molar-refractivity contribution in [3.8, 4) is 0 Å². The standard InChI is InChI=1S/C20H24FN3O3S/c1-16-7-9-17(10-8-16)13-22-20(25)15-24-12-4-11-23(28(24,26)27)14-18-5-2-3-6-19(18)21/h2-3,5-10H,4,11-15H2,1H3,(H,22,25). The van der Waals surface area contributed by atoms with E-state index in [0.29, 0.717) is 25.1 Å². The van der Waals surface area contributed by atoms with Crippen LogP contribution in [0.2, 0.25) is 0 Å². The predicted octanol–water partition coefficient (Wildman–Crippen LogP) is 2.20. The molecule has 8 heteroatoms. The fraction of sp³-hybridized carbons (Fsp3) is 0.350. The Bertz CT molecular complexity index is 932. The molecule has 150 valence electrons. The summed E-state index contributed by atoms with van der Waals surface area (Å²) < 4.78 is 41.9. The van der Waals surface area contributed by atoms with E-state index in [1.54, 1.807) is 18.2 Å². The molecule has 0 radical (unpaired) electrons. The minimum atomic E-state index is -3.82. The lowest BCUT2D eigenvalue weighted by Crippen LogP contribution is -2.52. The van der Waals surface area contributed by atoms with Gasteiger partial charge in [0.25, 0.3) is 10.2 Å². The Morgan fingerprint density at radius 2 is 1.75 bits per heavy atom. The number of rotatable bonds is 6. The summed E-state index contributed by atoms with van der Waals surface area (Å²) in [6.07, 6.45) is 0.582.